The number of imide groups is 2. The number of carbonyl (C=O) groups excluding carboxylic acids is 3. The van der Waals surface area contributed by atoms with Gasteiger partial charge in [-0.2, -0.15) is 0 Å². The minimum atomic E-state index is -0.849. The van der Waals surface area contributed by atoms with Gasteiger partial charge in [0.25, 0.3) is 11.8 Å². The lowest BCUT2D eigenvalue weighted by Crippen LogP contribution is -2.54. The Morgan fingerprint density at radius 1 is 1.00 bits per heavy atom. The molecule has 0 radical (unpaired) electrons. The lowest BCUT2D eigenvalue weighted by molar-refractivity contribution is -0.122. The van der Waals surface area contributed by atoms with Gasteiger partial charge in [0, 0.05) is 21.2 Å². The van der Waals surface area contributed by atoms with Crippen molar-refractivity contribution >= 4 is 52.8 Å². The fourth-order valence-electron chi connectivity index (χ4n) is 4.13. The first-order valence-corrected chi connectivity index (χ1v) is 12.9. The van der Waals surface area contributed by atoms with E-state index in [-0.39, 0.29) is 17.9 Å². The number of barbiturate groups is 1. The molecule has 3 aromatic carbocycles. The molecule has 4 rings (SSSR count). The molecule has 7 nitrogen and oxygen atoms in total. The van der Waals surface area contributed by atoms with Crippen LogP contribution in [0.15, 0.2) is 72.8 Å². The molecule has 1 saturated heterocycles. The summed E-state index contributed by atoms with van der Waals surface area (Å²) in [7, 11) is 0. The van der Waals surface area contributed by atoms with Crippen molar-refractivity contribution in [2.45, 2.75) is 26.9 Å². The number of rotatable bonds is 9. The van der Waals surface area contributed by atoms with E-state index in [1.54, 1.807) is 43.3 Å². The van der Waals surface area contributed by atoms with E-state index >= 15 is 0 Å². The summed E-state index contributed by atoms with van der Waals surface area (Å²) in [5.74, 6) is -0.637. The van der Waals surface area contributed by atoms with E-state index in [2.05, 4.69) is 11.9 Å². The maximum absolute atomic E-state index is 13.4. The van der Waals surface area contributed by atoms with Gasteiger partial charge in [0.05, 0.1) is 12.3 Å². The van der Waals surface area contributed by atoms with Gasteiger partial charge in [0.15, 0.2) is 11.5 Å². The second kappa shape index (κ2) is 12.2. The van der Waals surface area contributed by atoms with Crippen LogP contribution in [0.3, 0.4) is 0 Å². The lowest BCUT2D eigenvalue weighted by Gasteiger charge is -2.27. The highest BCUT2D eigenvalue weighted by molar-refractivity contribution is 6.39. The molecule has 1 heterocycles. The predicted octanol–water partition coefficient (Wildman–Crippen LogP) is 6.67. The molecular weight excluding hydrogens is 539 g/mol. The van der Waals surface area contributed by atoms with E-state index in [0.717, 1.165) is 16.0 Å². The maximum Gasteiger partial charge on any atom is 0.335 e. The topological polar surface area (TPSA) is 84.9 Å². The molecule has 3 aromatic rings. The number of aryl methyl sites for hydroxylation is 1. The number of nitrogens with one attached hydrogen (secondary N) is 1. The Balaban J connectivity index is 1.75. The Morgan fingerprint density at radius 2 is 1.77 bits per heavy atom. The molecule has 1 fully saturated rings. The third kappa shape index (κ3) is 6.16. The molecule has 39 heavy (non-hydrogen) atoms. The Kier molecular flexibility index (Phi) is 8.74. The molecular formula is C30H26Cl2N2O5. The quantitative estimate of drug-likeness (QED) is 0.178. The second-order valence-corrected chi connectivity index (χ2v) is 9.55. The van der Waals surface area contributed by atoms with Gasteiger partial charge < -0.3 is 9.47 Å². The van der Waals surface area contributed by atoms with Crippen molar-refractivity contribution in [3.05, 3.63) is 105 Å². The first-order valence-electron chi connectivity index (χ1n) is 12.2. The molecule has 0 bridgehead atoms. The third-order valence-electron chi connectivity index (χ3n) is 5.97. The zero-order valence-corrected chi connectivity index (χ0v) is 22.9. The van der Waals surface area contributed by atoms with Crippen LogP contribution >= 0.6 is 23.2 Å². The monoisotopic (exact) mass is 564 g/mol. The summed E-state index contributed by atoms with van der Waals surface area (Å²) in [5.41, 5.74) is 2.76. The number of hydrogen-bond acceptors (Lipinski definition) is 5. The highest BCUT2D eigenvalue weighted by Crippen LogP contribution is 2.36. The van der Waals surface area contributed by atoms with E-state index in [9.17, 15) is 14.4 Å². The first kappa shape index (κ1) is 28.0. The standard InChI is InChI=1S/C30H26Cl2N2O5/c1-4-8-20-13-19(15-26(38-5-2)27(20)39-17-21-9-6-7-10-24(21)32)14-23-28(35)33-30(37)34(29(23)36)25-16-22(31)12-11-18(25)3/h4,6-7,9-16H,1,5,8,17H2,2-3H3,(H,33,35,37)/b23-14+. The third-order valence-corrected chi connectivity index (χ3v) is 6.58. The molecule has 0 unspecified atom stereocenters. The summed E-state index contributed by atoms with van der Waals surface area (Å²) in [5, 5.41) is 3.17. The highest BCUT2D eigenvalue weighted by atomic mass is 35.5. The zero-order chi connectivity index (χ0) is 28.1. The van der Waals surface area contributed by atoms with E-state index in [4.69, 9.17) is 32.7 Å². The molecule has 0 saturated carbocycles. The van der Waals surface area contributed by atoms with Crippen LogP contribution in [0.5, 0.6) is 11.5 Å². The van der Waals surface area contributed by atoms with Crippen LogP contribution in [0.25, 0.3) is 6.08 Å². The molecule has 0 aliphatic carbocycles. The number of benzene rings is 3. The summed E-state index contributed by atoms with van der Waals surface area (Å²) in [6, 6.07) is 14.8. The highest BCUT2D eigenvalue weighted by Gasteiger charge is 2.37. The summed E-state index contributed by atoms with van der Waals surface area (Å²) >= 11 is 12.4. The molecule has 0 aromatic heterocycles. The van der Waals surface area contributed by atoms with Crippen molar-refractivity contribution in [1.29, 1.82) is 0 Å². The number of halogens is 2. The lowest BCUT2D eigenvalue weighted by atomic mass is 10.0. The summed E-state index contributed by atoms with van der Waals surface area (Å²) in [4.78, 5) is 39.8. The van der Waals surface area contributed by atoms with Crippen LogP contribution < -0.4 is 19.7 Å². The van der Waals surface area contributed by atoms with Gasteiger partial charge in [-0.05, 0) is 67.8 Å². The van der Waals surface area contributed by atoms with Crippen LogP contribution in [0, 0.1) is 6.92 Å². The van der Waals surface area contributed by atoms with Gasteiger partial charge >= 0.3 is 6.03 Å². The van der Waals surface area contributed by atoms with Crippen molar-refractivity contribution in [3.8, 4) is 11.5 Å². The van der Waals surface area contributed by atoms with Gasteiger partial charge in [-0.15, -0.1) is 6.58 Å². The number of hydrogen-bond donors (Lipinski definition) is 1. The Morgan fingerprint density at radius 3 is 2.49 bits per heavy atom. The van der Waals surface area contributed by atoms with Gasteiger partial charge in [0.2, 0.25) is 0 Å². The summed E-state index contributed by atoms with van der Waals surface area (Å²) in [6.07, 6.45) is 3.57. The molecule has 200 valence electrons. The van der Waals surface area contributed by atoms with Crippen LogP contribution in [0.4, 0.5) is 10.5 Å². The Labute approximate surface area is 236 Å². The van der Waals surface area contributed by atoms with E-state index < -0.39 is 17.8 Å². The zero-order valence-electron chi connectivity index (χ0n) is 21.4. The van der Waals surface area contributed by atoms with Crippen molar-refractivity contribution < 1.29 is 23.9 Å². The number of anilines is 1. The minimum Gasteiger partial charge on any atom is -0.490 e. The summed E-state index contributed by atoms with van der Waals surface area (Å²) < 4.78 is 12.0. The van der Waals surface area contributed by atoms with Gasteiger partial charge in [-0.25, -0.2) is 9.69 Å². The first-order chi connectivity index (χ1) is 18.7. The van der Waals surface area contributed by atoms with Crippen LogP contribution in [0.2, 0.25) is 10.0 Å². The second-order valence-electron chi connectivity index (χ2n) is 8.70. The molecule has 4 amide bonds. The number of allylic oxidation sites excluding steroid dienone is 1. The minimum absolute atomic E-state index is 0.210. The van der Waals surface area contributed by atoms with Gasteiger partial charge in [-0.1, -0.05) is 53.5 Å². The van der Waals surface area contributed by atoms with Crippen LogP contribution in [-0.4, -0.2) is 24.5 Å². The van der Waals surface area contributed by atoms with Crippen molar-refractivity contribution in [3.63, 3.8) is 0 Å². The molecule has 0 atom stereocenters. The van der Waals surface area contributed by atoms with Crippen LogP contribution in [0.1, 0.15) is 29.2 Å². The number of ether oxygens (including phenoxy) is 2. The van der Waals surface area contributed by atoms with E-state index in [1.807, 2.05) is 25.1 Å². The molecule has 9 heteroatoms. The molecule has 0 spiro atoms. The van der Waals surface area contributed by atoms with Gasteiger partial charge in [0.1, 0.15) is 12.2 Å². The van der Waals surface area contributed by atoms with Gasteiger partial charge in [-0.3, -0.25) is 14.9 Å². The predicted molar refractivity (Wildman–Crippen MR) is 152 cm³/mol. The Hall–Kier alpha value is -4.07. The Bertz CT molecular complexity index is 1500. The van der Waals surface area contributed by atoms with E-state index in [0.29, 0.717) is 45.7 Å². The number of amides is 4. The van der Waals surface area contributed by atoms with Crippen molar-refractivity contribution in [2.24, 2.45) is 0 Å². The van der Waals surface area contributed by atoms with E-state index in [1.165, 1.54) is 12.1 Å². The molecule has 1 N–H and O–H groups in total. The van der Waals surface area contributed by atoms with Crippen molar-refractivity contribution in [1.82, 2.24) is 5.32 Å². The molecule has 1 aliphatic heterocycles. The fourth-order valence-corrected chi connectivity index (χ4v) is 4.49. The smallest absolute Gasteiger partial charge is 0.335 e. The number of nitrogens with zero attached hydrogens (tertiary/aromatic N) is 1. The summed E-state index contributed by atoms with van der Waals surface area (Å²) in [6.45, 7) is 7.98. The average Bonchev–Trinajstić information content (AvgIpc) is 2.89. The SMILES string of the molecule is C=CCc1cc(/C=C2\C(=O)NC(=O)N(c3cc(Cl)ccc3C)C2=O)cc(OCC)c1OCc1ccccc1Cl. The largest absolute Gasteiger partial charge is 0.490 e. The fraction of sp³-hybridized carbons (Fsp3) is 0.167. The normalized spacial score (nSPS) is 14.4. The average molecular weight is 565 g/mol. The number of carbonyl (C=O) groups is 3. The molecule has 1 aliphatic rings. The number of urea groups is 1. The maximum atomic E-state index is 13.4. The van der Waals surface area contributed by atoms with Crippen molar-refractivity contribution in [2.75, 3.05) is 11.5 Å². The van der Waals surface area contributed by atoms with Crippen LogP contribution in [-0.2, 0) is 22.6 Å².